The predicted octanol–water partition coefficient (Wildman–Crippen LogP) is 6.84. The van der Waals surface area contributed by atoms with E-state index in [1.807, 2.05) is 0 Å². The van der Waals surface area contributed by atoms with Crippen LogP contribution in [0, 0.1) is 17.8 Å². The van der Waals surface area contributed by atoms with E-state index < -0.39 is 0 Å². The molecule has 2 rings (SSSR count). The fourth-order valence-electron chi connectivity index (χ4n) is 3.53. The predicted molar refractivity (Wildman–Crippen MR) is 85.0 cm³/mol. The zero-order valence-corrected chi connectivity index (χ0v) is 12.5. The van der Waals surface area contributed by atoms with Crippen molar-refractivity contribution in [3.8, 4) is 0 Å². The minimum Gasteiger partial charge on any atom is -0.0776 e. The maximum absolute atomic E-state index is 2.39. The lowest BCUT2D eigenvalue weighted by atomic mass is 9.81. The van der Waals surface area contributed by atoms with Gasteiger partial charge in [0.05, 0.1) is 0 Å². The zero-order chi connectivity index (χ0) is 12.5. The van der Waals surface area contributed by atoms with Crippen LogP contribution >= 0.6 is 0 Å². The van der Waals surface area contributed by atoms with Gasteiger partial charge in [-0.2, -0.15) is 0 Å². The quantitative estimate of drug-likeness (QED) is 0.506. The first-order valence-corrected chi connectivity index (χ1v) is 8.26. The van der Waals surface area contributed by atoms with Crippen molar-refractivity contribution in [1.29, 1.82) is 0 Å². The van der Waals surface area contributed by atoms with E-state index in [0.717, 1.165) is 17.8 Å². The Balaban J connectivity index is 0.000000306. The van der Waals surface area contributed by atoms with Gasteiger partial charge in [-0.25, -0.2) is 0 Å². The van der Waals surface area contributed by atoms with Crippen LogP contribution in [-0.4, -0.2) is 0 Å². The van der Waals surface area contributed by atoms with Crippen LogP contribution in [0.15, 0.2) is 0 Å². The molecule has 0 nitrogen and oxygen atoms in total. The third-order valence-corrected chi connectivity index (χ3v) is 4.92. The fraction of sp³-hybridized carbons (Fsp3) is 1.00. The molecule has 0 aromatic heterocycles. The normalized spacial score (nSPS) is 28.8. The van der Waals surface area contributed by atoms with Gasteiger partial charge < -0.3 is 0 Å². The van der Waals surface area contributed by atoms with Crippen LogP contribution in [0.5, 0.6) is 0 Å². The van der Waals surface area contributed by atoms with Crippen LogP contribution in [0.25, 0.3) is 0 Å². The lowest BCUT2D eigenvalue weighted by Gasteiger charge is -2.25. The van der Waals surface area contributed by atoms with Gasteiger partial charge >= 0.3 is 0 Å². The van der Waals surface area contributed by atoms with E-state index in [4.69, 9.17) is 0 Å². The highest BCUT2D eigenvalue weighted by molar-refractivity contribution is 4.68. The first-order valence-electron chi connectivity index (χ1n) is 8.26. The van der Waals surface area contributed by atoms with Crippen molar-refractivity contribution in [2.45, 2.75) is 98.8 Å². The van der Waals surface area contributed by atoms with Gasteiger partial charge in [0.1, 0.15) is 0 Å². The third kappa shape index (κ3) is 7.44. The lowest BCUT2D eigenvalue weighted by Crippen LogP contribution is -2.11. The Hall–Kier alpha value is 0. The van der Waals surface area contributed by atoms with Gasteiger partial charge in [-0.15, -0.1) is 0 Å². The van der Waals surface area contributed by atoms with Gasteiger partial charge in [0.25, 0.3) is 0 Å². The average Bonchev–Trinajstić information content (AvgIpc) is 2.40. The second kappa shape index (κ2) is 10.9. The van der Waals surface area contributed by atoms with E-state index in [0.29, 0.717) is 0 Å². The van der Waals surface area contributed by atoms with Gasteiger partial charge in [-0.3, -0.25) is 0 Å². The highest BCUT2D eigenvalue weighted by Crippen LogP contribution is 2.30. The summed E-state index contributed by atoms with van der Waals surface area (Å²) in [7, 11) is 0. The molecule has 0 saturated heterocycles. The van der Waals surface area contributed by atoms with E-state index in [-0.39, 0.29) is 7.43 Å². The van der Waals surface area contributed by atoms with Crippen molar-refractivity contribution in [3.05, 3.63) is 0 Å². The van der Waals surface area contributed by atoms with Crippen molar-refractivity contribution in [2.75, 3.05) is 0 Å². The van der Waals surface area contributed by atoms with Crippen LogP contribution in [0.3, 0.4) is 0 Å². The smallest absolute Gasteiger partial charge is 0.0414 e. The molecule has 0 heterocycles. The van der Waals surface area contributed by atoms with E-state index >= 15 is 0 Å². The summed E-state index contributed by atoms with van der Waals surface area (Å²) in [6.45, 7) is 7.03. The Kier molecular flexibility index (Phi) is 10.9. The van der Waals surface area contributed by atoms with Gasteiger partial charge in [0.15, 0.2) is 0 Å². The van der Waals surface area contributed by atoms with Gasteiger partial charge in [0.2, 0.25) is 0 Å². The van der Waals surface area contributed by atoms with Gasteiger partial charge in [0, 0.05) is 0 Å². The van der Waals surface area contributed by atoms with Crippen molar-refractivity contribution in [1.82, 2.24) is 0 Å². The molecule has 110 valence electrons. The van der Waals surface area contributed by atoms with Crippen molar-refractivity contribution in [2.24, 2.45) is 17.8 Å². The summed E-state index contributed by atoms with van der Waals surface area (Å²) >= 11 is 0. The number of hydrogen-bond acceptors (Lipinski definition) is 0. The third-order valence-electron chi connectivity index (χ3n) is 4.92. The standard InChI is InChI=1S/C9H18.C8H16.CH4/c1-3-9-6-4-5-8(2)7-9;1-2-8-6-4-3-5-7-8;/h8-9H,3-7H2,1-2H3;8H,2-7H2,1H3;1H4. The highest BCUT2D eigenvalue weighted by atomic mass is 14.2. The number of rotatable bonds is 2. The molecule has 2 unspecified atom stereocenters. The first kappa shape index (κ1) is 18.0. The average molecular weight is 255 g/mol. The molecule has 0 bridgehead atoms. The summed E-state index contributed by atoms with van der Waals surface area (Å²) in [5, 5.41) is 0. The Morgan fingerprint density at radius 1 is 0.722 bits per heavy atom. The molecule has 2 atom stereocenters. The monoisotopic (exact) mass is 254 g/mol. The van der Waals surface area contributed by atoms with Crippen LogP contribution in [-0.2, 0) is 0 Å². The Labute approximate surface area is 117 Å². The molecule has 0 N–H and O–H groups in total. The lowest BCUT2D eigenvalue weighted by molar-refractivity contribution is 0.276. The van der Waals surface area contributed by atoms with E-state index in [1.165, 1.54) is 70.6 Å². The van der Waals surface area contributed by atoms with E-state index in [9.17, 15) is 0 Å². The molecule has 0 aromatic rings. The molecule has 2 fully saturated rings. The van der Waals surface area contributed by atoms with Crippen molar-refractivity contribution < 1.29 is 0 Å². The SMILES string of the molecule is C.CCC1CCCC(C)C1.CCC1CCCCC1. The Morgan fingerprint density at radius 2 is 1.28 bits per heavy atom. The van der Waals surface area contributed by atoms with Crippen molar-refractivity contribution in [3.63, 3.8) is 0 Å². The first-order chi connectivity index (χ1) is 8.26. The summed E-state index contributed by atoms with van der Waals surface area (Å²) in [6, 6.07) is 0. The molecular weight excluding hydrogens is 216 g/mol. The molecule has 0 amide bonds. The van der Waals surface area contributed by atoms with Crippen LogP contribution < -0.4 is 0 Å². The molecule has 0 heteroatoms. The second-order valence-electron chi connectivity index (χ2n) is 6.46. The minimum absolute atomic E-state index is 0. The van der Waals surface area contributed by atoms with Gasteiger partial charge in [-0.1, -0.05) is 92.4 Å². The zero-order valence-electron chi connectivity index (χ0n) is 12.5. The van der Waals surface area contributed by atoms with Crippen LogP contribution in [0.4, 0.5) is 0 Å². The largest absolute Gasteiger partial charge is 0.0776 e. The topological polar surface area (TPSA) is 0 Å². The molecule has 0 aliphatic heterocycles. The molecule has 2 aliphatic rings. The summed E-state index contributed by atoms with van der Waals surface area (Å²) < 4.78 is 0. The van der Waals surface area contributed by atoms with E-state index in [2.05, 4.69) is 20.8 Å². The number of hydrogen-bond donors (Lipinski definition) is 0. The van der Waals surface area contributed by atoms with Crippen LogP contribution in [0.2, 0.25) is 0 Å². The molecule has 18 heavy (non-hydrogen) atoms. The maximum atomic E-state index is 2.39. The summed E-state index contributed by atoms with van der Waals surface area (Å²) in [5.74, 6) is 3.17. The maximum Gasteiger partial charge on any atom is -0.0414 e. The summed E-state index contributed by atoms with van der Waals surface area (Å²) in [4.78, 5) is 0. The molecule has 0 aromatic carbocycles. The second-order valence-corrected chi connectivity index (χ2v) is 6.46. The van der Waals surface area contributed by atoms with Crippen LogP contribution in [0.1, 0.15) is 98.8 Å². The van der Waals surface area contributed by atoms with Crippen molar-refractivity contribution >= 4 is 0 Å². The molecule has 2 aliphatic carbocycles. The molecule has 2 saturated carbocycles. The summed E-state index contributed by atoms with van der Waals surface area (Å²) in [5.41, 5.74) is 0. The summed E-state index contributed by atoms with van der Waals surface area (Å²) in [6.07, 6.45) is 16.3. The molecule has 0 radical (unpaired) electrons. The van der Waals surface area contributed by atoms with Gasteiger partial charge in [-0.05, 0) is 24.2 Å². The molecule has 0 spiro atoms. The fourth-order valence-corrected chi connectivity index (χ4v) is 3.53. The molecular formula is C18H38. The minimum atomic E-state index is 0. The Morgan fingerprint density at radius 3 is 1.67 bits per heavy atom. The van der Waals surface area contributed by atoms with E-state index in [1.54, 1.807) is 0 Å². The Bertz CT molecular complexity index is 167. The highest BCUT2D eigenvalue weighted by Gasteiger charge is 2.16.